The highest BCUT2D eigenvalue weighted by atomic mass is 16.5. The van der Waals surface area contributed by atoms with E-state index in [-0.39, 0.29) is 0 Å². The Labute approximate surface area is 168 Å². The Hall–Kier alpha value is -3.03. The molecule has 0 aliphatic carbocycles. The van der Waals surface area contributed by atoms with Gasteiger partial charge in [-0.2, -0.15) is 0 Å². The SMILES string of the molecule is COC(=O)[C@@]1(CO)N[C@@H](c2ccccc2C)[C@H]2C(=O)N(c3ccccc3)C(=O)[C@H]21. The van der Waals surface area contributed by atoms with Gasteiger partial charge in [0, 0.05) is 6.04 Å². The van der Waals surface area contributed by atoms with Crippen molar-refractivity contribution in [2.24, 2.45) is 11.8 Å². The predicted molar refractivity (Wildman–Crippen MR) is 105 cm³/mol. The molecular formula is C22H22N2O5. The molecule has 4 atom stereocenters. The number of methoxy groups -OCH3 is 1. The third-order valence-corrected chi connectivity index (χ3v) is 5.99. The molecule has 2 aliphatic rings. The highest BCUT2D eigenvalue weighted by Gasteiger charge is 2.69. The number of para-hydroxylation sites is 1. The van der Waals surface area contributed by atoms with Crippen molar-refractivity contribution in [1.29, 1.82) is 0 Å². The number of fused-ring (bicyclic) bond motifs is 1. The zero-order chi connectivity index (χ0) is 20.8. The average molecular weight is 394 g/mol. The van der Waals surface area contributed by atoms with Gasteiger partial charge in [0.05, 0.1) is 31.2 Å². The van der Waals surface area contributed by atoms with Crippen molar-refractivity contribution < 1.29 is 24.2 Å². The maximum Gasteiger partial charge on any atom is 0.329 e. The lowest BCUT2D eigenvalue weighted by molar-refractivity contribution is -0.154. The maximum atomic E-state index is 13.4. The zero-order valence-electron chi connectivity index (χ0n) is 16.2. The van der Waals surface area contributed by atoms with E-state index in [1.54, 1.807) is 30.3 Å². The Bertz CT molecular complexity index is 976. The van der Waals surface area contributed by atoms with Gasteiger partial charge < -0.3 is 9.84 Å². The molecule has 2 amide bonds. The molecule has 2 aliphatic heterocycles. The Balaban J connectivity index is 1.88. The van der Waals surface area contributed by atoms with E-state index in [4.69, 9.17) is 4.74 Å². The minimum absolute atomic E-state index is 0.397. The first-order valence-corrected chi connectivity index (χ1v) is 9.41. The number of rotatable bonds is 4. The molecule has 4 rings (SSSR count). The topological polar surface area (TPSA) is 95.9 Å². The van der Waals surface area contributed by atoms with Gasteiger partial charge in [-0.1, -0.05) is 42.5 Å². The van der Waals surface area contributed by atoms with Crippen LogP contribution in [0.5, 0.6) is 0 Å². The molecule has 0 aromatic heterocycles. The van der Waals surface area contributed by atoms with E-state index in [0.29, 0.717) is 5.69 Å². The molecule has 0 saturated carbocycles. The number of aliphatic hydroxyl groups excluding tert-OH is 1. The van der Waals surface area contributed by atoms with Crippen molar-refractivity contribution in [3.63, 3.8) is 0 Å². The van der Waals surface area contributed by atoms with Crippen LogP contribution < -0.4 is 10.2 Å². The molecule has 2 fully saturated rings. The van der Waals surface area contributed by atoms with Crippen LogP contribution in [0.25, 0.3) is 0 Å². The third kappa shape index (κ3) is 2.69. The van der Waals surface area contributed by atoms with Gasteiger partial charge in [-0.3, -0.25) is 14.9 Å². The summed E-state index contributed by atoms with van der Waals surface area (Å²) < 4.78 is 4.93. The lowest BCUT2D eigenvalue weighted by Crippen LogP contribution is -2.59. The van der Waals surface area contributed by atoms with E-state index in [9.17, 15) is 19.5 Å². The van der Waals surface area contributed by atoms with Crippen LogP contribution in [-0.2, 0) is 19.1 Å². The number of ether oxygens (including phenoxy) is 1. The summed E-state index contributed by atoms with van der Waals surface area (Å²) in [6.45, 7) is 1.24. The summed E-state index contributed by atoms with van der Waals surface area (Å²) in [5.74, 6) is -3.59. The van der Waals surface area contributed by atoms with Gasteiger partial charge in [-0.05, 0) is 30.2 Å². The Kier molecular flexibility index (Phi) is 4.72. The number of aliphatic hydroxyl groups is 1. The number of amides is 2. The second-order valence-electron chi connectivity index (χ2n) is 7.45. The number of carbonyl (C=O) groups is 3. The van der Waals surface area contributed by atoms with E-state index in [1.165, 1.54) is 7.11 Å². The molecule has 2 heterocycles. The number of benzene rings is 2. The number of aryl methyl sites for hydroxylation is 1. The van der Waals surface area contributed by atoms with Gasteiger partial charge in [0.15, 0.2) is 5.54 Å². The normalized spacial score (nSPS) is 28.5. The molecule has 0 unspecified atom stereocenters. The van der Waals surface area contributed by atoms with Crippen LogP contribution in [0.15, 0.2) is 54.6 Å². The standard InChI is InChI=1S/C22H22N2O5/c1-13-8-6-7-11-15(13)18-16-17(22(12-25,23-18)21(28)29-2)20(27)24(19(16)26)14-9-4-3-5-10-14/h3-11,16-18,23,25H,12H2,1-2H3/t16-,17-,18-,22-/m0/s1. The lowest BCUT2D eigenvalue weighted by Gasteiger charge is -2.30. The molecule has 0 bridgehead atoms. The van der Waals surface area contributed by atoms with Crippen LogP contribution >= 0.6 is 0 Å². The number of esters is 1. The van der Waals surface area contributed by atoms with E-state index in [1.807, 2.05) is 31.2 Å². The van der Waals surface area contributed by atoms with Gasteiger partial charge in [0.1, 0.15) is 0 Å². The monoisotopic (exact) mass is 394 g/mol. The number of hydrogen-bond acceptors (Lipinski definition) is 6. The van der Waals surface area contributed by atoms with Gasteiger partial charge in [-0.15, -0.1) is 0 Å². The molecule has 150 valence electrons. The van der Waals surface area contributed by atoms with Gasteiger partial charge in [-0.25, -0.2) is 9.69 Å². The summed E-state index contributed by atoms with van der Waals surface area (Å²) in [6.07, 6.45) is 0. The van der Waals surface area contributed by atoms with Crippen LogP contribution in [0.1, 0.15) is 17.2 Å². The summed E-state index contributed by atoms with van der Waals surface area (Å²) in [5, 5.41) is 13.3. The smallest absolute Gasteiger partial charge is 0.329 e. The molecule has 7 heteroatoms. The van der Waals surface area contributed by atoms with E-state index >= 15 is 0 Å². The molecular weight excluding hydrogens is 372 g/mol. The predicted octanol–water partition coefficient (Wildman–Crippen LogP) is 1.35. The van der Waals surface area contributed by atoms with Crippen LogP contribution in [0.2, 0.25) is 0 Å². The Morgan fingerprint density at radius 1 is 1.10 bits per heavy atom. The van der Waals surface area contributed by atoms with E-state index < -0.39 is 47.8 Å². The van der Waals surface area contributed by atoms with Gasteiger partial charge in [0.25, 0.3) is 0 Å². The van der Waals surface area contributed by atoms with Gasteiger partial charge >= 0.3 is 5.97 Å². The van der Waals surface area contributed by atoms with Crippen molar-refractivity contribution in [3.05, 3.63) is 65.7 Å². The van der Waals surface area contributed by atoms with Crippen LogP contribution in [0.4, 0.5) is 5.69 Å². The number of hydrogen-bond donors (Lipinski definition) is 2. The fraction of sp³-hybridized carbons (Fsp3) is 0.318. The molecule has 2 aromatic rings. The summed E-state index contributed by atoms with van der Waals surface area (Å²) in [4.78, 5) is 40.7. The highest BCUT2D eigenvalue weighted by molar-refractivity contribution is 6.24. The van der Waals surface area contributed by atoms with Crippen LogP contribution in [0.3, 0.4) is 0 Å². The summed E-state index contributed by atoms with van der Waals surface area (Å²) in [7, 11) is 1.20. The van der Waals surface area contributed by atoms with Gasteiger partial charge in [0.2, 0.25) is 11.8 Å². The molecule has 0 spiro atoms. The second kappa shape index (κ2) is 7.09. The van der Waals surface area contributed by atoms with Crippen molar-refractivity contribution >= 4 is 23.5 Å². The largest absolute Gasteiger partial charge is 0.468 e. The molecule has 7 nitrogen and oxygen atoms in total. The van der Waals surface area contributed by atoms with Crippen molar-refractivity contribution in [3.8, 4) is 0 Å². The minimum Gasteiger partial charge on any atom is -0.468 e. The average Bonchev–Trinajstić information content (AvgIpc) is 3.23. The first kappa shape index (κ1) is 19.3. The zero-order valence-corrected chi connectivity index (χ0v) is 16.2. The maximum absolute atomic E-state index is 13.4. The third-order valence-electron chi connectivity index (χ3n) is 5.99. The highest BCUT2D eigenvalue weighted by Crippen LogP contribution is 2.50. The fourth-order valence-electron chi connectivity index (χ4n) is 4.62. The fourth-order valence-corrected chi connectivity index (χ4v) is 4.62. The quantitative estimate of drug-likeness (QED) is 0.600. The van der Waals surface area contributed by atoms with Crippen molar-refractivity contribution in [1.82, 2.24) is 5.32 Å². The van der Waals surface area contributed by atoms with E-state index in [0.717, 1.165) is 16.0 Å². The van der Waals surface area contributed by atoms with E-state index in [2.05, 4.69) is 5.32 Å². The van der Waals surface area contributed by atoms with Crippen LogP contribution in [-0.4, -0.2) is 42.1 Å². The molecule has 2 aromatic carbocycles. The molecule has 0 radical (unpaired) electrons. The molecule has 2 saturated heterocycles. The number of imide groups is 1. The molecule has 2 N–H and O–H groups in total. The lowest BCUT2D eigenvalue weighted by atomic mass is 9.79. The number of carbonyl (C=O) groups excluding carboxylic acids is 3. The second-order valence-corrected chi connectivity index (χ2v) is 7.45. The summed E-state index contributed by atoms with van der Waals surface area (Å²) in [6, 6.07) is 15.5. The van der Waals surface area contributed by atoms with Crippen LogP contribution in [0, 0.1) is 18.8 Å². The number of anilines is 1. The van der Waals surface area contributed by atoms with Crippen molar-refractivity contribution in [2.45, 2.75) is 18.5 Å². The number of nitrogens with one attached hydrogen (secondary N) is 1. The minimum atomic E-state index is -1.69. The number of nitrogens with zero attached hydrogens (tertiary/aromatic N) is 1. The summed E-state index contributed by atoms with van der Waals surface area (Å²) >= 11 is 0. The first-order valence-electron chi connectivity index (χ1n) is 9.41. The Morgan fingerprint density at radius 3 is 2.38 bits per heavy atom. The first-order chi connectivity index (χ1) is 14.0. The Morgan fingerprint density at radius 2 is 1.76 bits per heavy atom. The summed E-state index contributed by atoms with van der Waals surface area (Å²) in [5.41, 5.74) is 0.471. The van der Waals surface area contributed by atoms with Crippen molar-refractivity contribution in [2.75, 3.05) is 18.6 Å². The molecule has 29 heavy (non-hydrogen) atoms.